The highest BCUT2D eigenvalue weighted by Gasteiger charge is 2.29. The van der Waals surface area contributed by atoms with E-state index < -0.39 is 0 Å². The highest BCUT2D eigenvalue weighted by Crippen LogP contribution is 2.39. The van der Waals surface area contributed by atoms with E-state index in [0.717, 1.165) is 23.7 Å². The van der Waals surface area contributed by atoms with Crippen molar-refractivity contribution in [3.63, 3.8) is 0 Å². The molecule has 0 amide bonds. The molecule has 0 radical (unpaired) electrons. The van der Waals surface area contributed by atoms with Crippen molar-refractivity contribution in [2.75, 3.05) is 13.1 Å². The quantitative estimate of drug-likeness (QED) is 0.734. The molecule has 1 heteroatoms. The predicted molar refractivity (Wildman–Crippen MR) is 65.9 cm³/mol. The van der Waals surface area contributed by atoms with Crippen LogP contribution in [0.2, 0.25) is 0 Å². The van der Waals surface area contributed by atoms with Crippen LogP contribution in [0.5, 0.6) is 0 Å². The van der Waals surface area contributed by atoms with Crippen LogP contribution in [0.15, 0.2) is 0 Å². The maximum absolute atomic E-state index is 3.48. The minimum Gasteiger partial charge on any atom is -0.317 e. The maximum Gasteiger partial charge on any atom is -0.00462 e. The fraction of sp³-hybridized carbons (Fsp3) is 1.00. The highest BCUT2D eigenvalue weighted by molar-refractivity contribution is 4.81. The Balaban J connectivity index is 1.77. The Morgan fingerprint density at radius 1 is 0.800 bits per heavy atom. The Kier molecular flexibility index (Phi) is 4.07. The van der Waals surface area contributed by atoms with Gasteiger partial charge in [0.1, 0.15) is 0 Å². The van der Waals surface area contributed by atoms with E-state index in [0.29, 0.717) is 0 Å². The van der Waals surface area contributed by atoms with Gasteiger partial charge < -0.3 is 5.32 Å². The molecule has 0 aromatic heterocycles. The topological polar surface area (TPSA) is 12.0 Å². The molecule has 2 fully saturated rings. The smallest absolute Gasteiger partial charge is 0.00462 e. The molecule has 1 heterocycles. The summed E-state index contributed by atoms with van der Waals surface area (Å²) in [6.07, 6.45) is 8.94. The van der Waals surface area contributed by atoms with Gasteiger partial charge in [0.2, 0.25) is 0 Å². The second-order valence-electron chi connectivity index (χ2n) is 6.01. The summed E-state index contributed by atoms with van der Waals surface area (Å²) in [7, 11) is 0. The van der Waals surface area contributed by atoms with Crippen LogP contribution in [0.1, 0.15) is 52.4 Å². The fourth-order valence-electron chi connectivity index (χ4n) is 3.60. The first-order chi connectivity index (χ1) is 7.27. The van der Waals surface area contributed by atoms with Crippen LogP contribution in [0.3, 0.4) is 0 Å². The molecule has 1 saturated heterocycles. The summed E-state index contributed by atoms with van der Waals surface area (Å²) in [5.41, 5.74) is 0. The summed E-state index contributed by atoms with van der Waals surface area (Å²) < 4.78 is 0. The molecule has 2 aliphatic rings. The Morgan fingerprint density at radius 2 is 1.33 bits per heavy atom. The Labute approximate surface area is 95.0 Å². The number of rotatable bonds is 2. The summed E-state index contributed by atoms with van der Waals surface area (Å²) >= 11 is 0. The molecule has 0 unspecified atom stereocenters. The Bertz CT molecular complexity index is 174. The second-order valence-corrected chi connectivity index (χ2v) is 6.01. The van der Waals surface area contributed by atoms with E-state index in [1.54, 1.807) is 0 Å². The van der Waals surface area contributed by atoms with Crippen molar-refractivity contribution in [2.45, 2.75) is 52.4 Å². The van der Waals surface area contributed by atoms with Crippen LogP contribution in [-0.2, 0) is 0 Å². The van der Waals surface area contributed by atoms with Crippen LogP contribution >= 0.6 is 0 Å². The zero-order valence-corrected chi connectivity index (χ0v) is 10.5. The van der Waals surface area contributed by atoms with Crippen molar-refractivity contribution in [1.82, 2.24) is 5.32 Å². The van der Waals surface area contributed by atoms with Gasteiger partial charge in [-0.25, -0.2) is 0 Å². The van der Waals surface area contributed by atoms with E-state index in [-0.39, 0.29) is 0 Å². The summed E-state index contributed by atoms with van der Waals surface area (Å²) in [5, 5.41) is 3.48. The standard InChI is InChI=1S/C14H27N/c1-11(2)12-3-5-13(6-4-12)14-7-9-15-10-8-14/h11-15H,3-10H2,1-2H3. The van der Waals surface area contributed by atoms with Gasteiger partial charge in [-0.15, -0.1) is 0 Å². The highest BCUT2D eigenvalue weighted by atomic mass is 14.9. The molecule has 0 spiro atoms. The van der Waals surface area contributed by atoms with Crippen molar-refractivity contribution < 1.29 is 0 Å². The Hall–Kier alpha value is -0.0400. The molecule has 0 aromatic carbocycles. The van der Waals surface area contributed by atoms with E-state index in [1.807, 2.05) is 0 Å². The number of nitrogens with one attached hydrogen (secondary N) is 1. The van der Waals surface area contributed by atoms with Crippen molar-refractivity contribution in [2.24, 2.45) is 23.7 Å². The van der Waals surface area contributed by atoms with Crippen LogP contribution in [0, 0.1) is 23.7 Å². The Morgan fingerprint density at radius 3 is 1.87 bits per heavy atom. The number of hydrogen-bond acceptors (Lipinski definition) is 1. The van der Waals surface area contributed by atoms with Crippen LogP contribution in [0.4, 0.5) is 0 Å². The van der Waals surface area contributed by atoms with Gasteiger partial charge in [-0.2, -0.15) is 0 Å². The molecule has 1 aliphatic carbocycles. The van der Waals surface area contributed by atoms with Crippen molar-refractivity contribution in [1.29, 1.82) is 0 Å². The molecule has 2 rings (SSSR count). The fourth-order valence-corrected chi connectivity index (χ4v) is 3.60. The van der Waals surface area contributed by atoms with Crippen LogP contribution < -0.4 is 5.32 Å². The third-order valence-electron chi connectivity index (χ3n) is 4.81. The van der Waals surface area contributed by atoms with Gasteiger partial charge in [-0.1, -0.05) is 13.8 Å². The molecule has 0 aromatic rings. The zero-order chi connectivity index (χ0) is 10.7. The molecule has 1 nitrogen and oxygen atoms in total. The summed E-state index contributed by atoms with van der Waals surface area (Å²) in [5.74, 6) is 4.07. The van der Waals surface area contributed by atoms with Gasteiger partial charge in [0.05, 0.1) is 0 Å². The lowest BCUT2D eigenvalue weighted by Gasteiger charge is -2.37. The number of piperidine rings is 1. The van der Waals surface area contributed by atoms with E-state index in [2.05, 4.69) is 19.2 Å². The third kappa shape index (κ3) is 2.96. The molecule has 88 valence electrons. The van der Waals surface area contributed by atoms with Crippen LogP contribution in [-0.4, -0.2) is 13.1 Å². The van der Waals surface area contributed by atoms with Gasteiger partial charge in [0.15, 0.2) is 0 Å². The van der Waals surface area contributed by atoms with Gasteiger partial charge in [-0.05, 0) is 75.3 Å². The van der Waals surface area contributed by atoms with Crippen molar-refractivity contribution >= 4 is 0 Å². The summed E-state index contributed by atoms with van der Waals surface area (Å²) in [6, 6.07) is 0. The monoisotopic (exact) mass is 209 g/mol. The molecular weight excluding hydrogens is 182 g/mol. The first kappa shape index (κ1) is 11.4. The zero-order valence-electron chi connectivity index (χ0n) is 10.5. The van der Waals surface area contributed by atoms with E-state index in [4.69, 9.17) is 0 Å². The molecule has 15 heavy (non-hydrogen) atoms. The van der Waals surface area contributed by atoms with Gasteiger partial charge >= 0.3 is 0 Å². The lowest BCUT2D eigenvalue weighted by atomic mass is 9.70. The second kappa shape index (κ2) is 5.34. The molecular formula is C14H27N. The molecule has 1 saturated carbocycles. The van der Waals surface area contributed by atoms with Gasteiger partial charge in [0, 0.05) is 0 Å². The summed E-state index contributed by atoms with van der Waals surface area (Å²) in [6.45, 7) is 7.34. The summed E-state index contributed by atoms with van der Waals surface area (Å²) in [4.78, 5) is 0. The van der Waals surface area contributed by atoms with Crippen LogP contribution in [0.25, 0.3) is 0 Å². The SMILES string of the molecule is CC(C)C1CCC(C2CCNCC2)CC1. The van der Waals surface area contributed by atoms with E-state index in [1.165, 1.54) is 51.6 Å². The normalized spacial score (nSPS) is 34.6. The van der Waals surface area contributed by atoms with Gasteiger partial charge in [0.25, 0.3) is 0 Å². The van der Waals surface area contributed by atoms with Gasteiger partial charge in [-0.3, -0.25) is 0 Å². The lowest BCUT2D eigenvalue weighted by Crippen LogP contribution is -2.33. The molecule has 1 N–H and O–H groups in total. The number of hydrogen-bond donors (Lipinski definition) is 1. The largest absolute Gasteiger partial charge is 0.317 e. The first-order valence-electron chi connectivity index (χ1n) is 6.98. The lowest BCUT2D eigenvalue weighted by molar-refractivity contribution is 0.152. The molecule has 0 bridgehead atoms. The van der Waals surface area contributed by atoms with Crippen molar-refractivity contribution in [3.8, 4) is 0 Å². The van der Waals surface area contributed by atoms with Crippen molar-refractivity contribution in [3.05, 3.63) is 0 Å². The first-order valence-corrected chi connectivity index (χ1v) is 6.98. The maximum atomic E-state index is 3.48. The molecule has 1 aliphatic heterocycles. The predicted octanol–water partition coefficient (Wildman–Crippen LogP) is 3.45. The van der Waals surface area contributed by atoms with E-state index in [9.17, 15) is 0 Å². The average molecular weight is 209 g/mol. The third-order valence-corrected chi connectivity index (χ3v) is 4.81. The minimum atomic E-state index is 0.916. The van der Waals surface area contributed by atoms with E-state index >= 15 is 0 Å². The minimum absolute atomic E-state index is 0.916. The molecule has 0 atom stereocenters. The average Bonchev–Trinajstić information content (AvgIpc) is 2.30.